The van der Waals surface area contributed by atoms with Crippen LogP contribution in [-0.2, 0) is 0 Å². The molecule has 0 amide bonds. The Bertz CT molecular complexity index is 134. The number of hydrogen-bond donors (Lipinski definition) is 1. The second-order valence-corrected chi connectivity index (χ2v) is 3.29. The van der Waals surface area contributed by atoms with Gasteiger partial charge in [0.2, 0.25) is 0 Å². The first-order chi connectivity index (χ1) is 5.76. The quantitative estimate of drug-likeness (QED) is 0.604. The minimum absolute atomic E-state index is 0.286. The van der Waals surface area contributed by atoms with Crippen LogP contribution in [0.4, 0.5) is 0 Å². The lowest BCUT2D eigenvalue weighted by Gasteiger charge is -2.19. The van der Waals surface area contributed by atoms with Crippen molar-refractivity contribution in [3.05, 3.63) is 0 Å². The van der Waals surface area contributed by atoms with Gasteiger partial charge >= 0.3 is 0 Å². The van der Waals surface area contributed by atoms with Crippen LogP contribution in [0, 0.1) is 18.3 Å². The number of aliphatic hydroxyl groups excluding tert-OH is 1. The fourth-order valence-corrected chi connectivity index (χ4v) is 1.42. The molecule has 0 saturated heterocycles. The van der Waals surface area contributed by atoms with E-state index in [4.69, 9.17) is 6.42 Å². The average Bonchev–Trinajstić information content (AvgIpc) is 2.06. The molecular formula is C11H20O. The highest BCUT2D eigenvalue weighted by Gasteiger charge is 2.14. The SMILES string of the molecule is C#CCC(O)C(CC)CCCC. The van der Waals surface area contributed by atoms with Crippen molar-refractivity contribution >= 4 is 0 Å². The van der Waals surface area contributed by atoms with Gasteiger partial charge in [0.05, 0.1) is 6.10 Å². The lowest BCUT2D eigenvalue weighted by Crippen LogP contribution is -2.19. The molecule has 0 spiro atoms. The molecule has 0 aliphatic carbocycles. The lowest BCUT2D eigenvalue weighted by molar-refractivity contribution is 0.103. The van der Waals surface area contributed by atoms with Gasteiger partial charge in [-0.2, -0.15) is 0 Å². The highest BCUT2D eigenvalue weighted by Crippen LogP contribution is 2.18. The third-order valence-corrected chi connectivity index (χ3v) is 2.32. The van der Waals surface area contributed by atoms with Crippen LogP contribution in [0.15, 0.2) is 0 Å². The molecule has 1 nitrogen and oxygen atoms in total. The van der Waals surface area contributed by atoms with Crippen LogP contribution in [0.25, 0.3) is 0 Å². The Balaban J connectivity index is 3.72. The van der Waals surface area contributed by atoms with Crippen molar-refractivity contribution in [2.75, 3.05) is 0 Å². The van der Waals surface area contributed by atoms with Crippen LogP contribution in [0.5, 0.6) is 0 Å². The first kappa shape index (κ1) is 11.5. The maximum absolute atomic E-state index is 9.59. The van der Waals surface area contributed by atoms with Crippen molar-refractivity contribution in [3.63, 3.8) is 0 Å². The minimum Gasteiger partial charge on any atom is -0.392 e. The van der Waals surface area contributed by atoms with Gasteiger partial charge in [-0.15, -0.1) is 12.3 Å². The van der Waals surface area contributed by atoms with Gasteiger partial charge in [0, 0.05) is 6.42 Å². The van der Waals surface area contributed by atoms with Crippen molar-refractivity contribution in [2.24, 2.45) is 5.92 Å². The smallest absolute Gasteiger partial charge is 0.0677 e. The van der Waals surface area contributed by atoms with Crippen molar-refractivity contribution in [3.8, 4) is 12.3 Å². The summed E-state index contributed by atoms with van der Waals surface area (Å²) >= 11 is 0. The second kappa shape index (κ2) is 7.18. The second-order valence-electron chi connectivity index (χ2n) is 3.29. The van der Waals surface area contributed by atoms with E-state index in [0.29, 0.717) is 12.3 Å². The summed E-state index contributed by atoms with van der Waals surface area (Å²) in [6, 6.07) is 0. The van der Waals surface area contributed by atoms with E-state index in [1.807, 2.05) is 0 Å². The summed E-state index contributed by atoms with van der Waals surface area (Å²) in [7, 11) is 0. The van der Waals surface area contributed by atoms with Gasteiger partial charge in [-0.25, -0.2) is 0 Å². The van der Waals surface area contributed by atoms with Gasteiger partial charge in [0.25, 0.3) is 0 Å². The monoisotopic (exact) mass is 168 g/mol. The molecule has 0 aliphatic heterocycles. The highest BCUT2D eigenvalue weighted by molar-refractivity contribution is 4.88. The lowest BCUT2D eigenvalue weighted by atomic mass is 9.92. The molecule has 0 heterocycles. The summed E-state index contributed by atoms with van der Waals surface area (Å²) < 4.78 is 0. The van der Waals surface area contributed by atoms with E-state index < -0.39 is 0 Å². The highest BCUT2D eigenvalue weighted by atomic mass is 16.3. The van der Waals surface area contributed by atoms with E-state index in [9.17, 15) is 5.11 Å². The summed E-state index contributed by atoms with van der Waals surface area (Å²) in [5.41, 5.74) is 0. The first-order valence-corrected chi connectivity index (χ1v) is 4.87. The van der Waals surface area contributed by atoms with Gasteiger partial charge < -0.3 is 5.11 Å². The summed E-state index contributed by atoms with van der Waals surface area (Å²) in [4.78, 5) is 0. The molecule has 0 aromatic heterocycles. The van der Waals surface area contributed by atoms with Crippen LogP contribution >= 0.6 is 0 Å². The molecule has 0 fully saturated rings. The summed E-state index contributed by atoms with van der Waals surface area (Å²) in [5.74, 6) is 2.91. The fourth-order valence-electron chi connectivity index (χ4n) is 1.42. The van der Waals surface area contributed by atoms with Crippen LogP contribution in [-0.4, -0.2) is 11.2 Å². The molecule has 12 heavy (non-hydrogen) atoms. The predicted molar refractivity (Wildman–Crippen MR) is 52.8 cm³/mol. The maximum Gasteiger partial charge on any atom is 0.0677 e. The van der Waals surface area contributed by atoms with Crippen molar-refractivity contribution in [1.29, 1.82) is 0 Å². The molecule has 70 valence electrons. The van der Waals surface area contributed by atoms with Gasteiger partial charge in [-0.3, -0.25) is 0 Å². The third kappa shape index (κ3) is 4.41. The Morgan fingerprint density at radius 3 is 2.50 bits per heavy atom. The third-order valence-electron chi connectivity index (χ3n) is 2.32. The van der Waals surface area contributed by atoms with Gasteiger partial charge in [-0.05, 0) is 12.3 Å². The summed E-state index contributed by atoms with van der Waals surface area (Å²) in [6.07, 6.45) is 9.88. The average molecular weight is 168 g/mol. The summed E-state index contributed by atoms with van der Waals surface area (Å²) in [5, 5.41) is 9.59. The van der Waals surface area contributed by atoms with Crippen LogP contribution < -0.4 is 0 Å². The molecule has 0 rings (SSSR count). The van der Waals surface area contributed by atoms with Crippen molar-refractivity contribution < 1.29 is 5.11 Å². The van der Waals surface area contributed by atoms with Gasteiger partial charge in [0.15, 0.2) is 0 Å². The van der Waals surface area contributed by atoms with Crippen molar-refractivity contribution in [1.82, 2.24) is 0 Å². The Labute approximate surface area is 76.2 Å². The first-order valence-electron chi connectivity index (χ1n) is 4.87. The molecule has 0 bridgehead atoms. The molecule has 0 aliphatic rings. The maximum atomic E-state index is 9.59. The summed E-state index contributed by atoms with van der Waals surface area (Å²) in [6.45, 7) is 4.28. The molecular weight excluding hydrogens is 148 g/mol. The van der Waals surface area contributed by atoms with E-state index in [1.54, 1.807) is 0 Å². The number of unbranched alkanes of at least 4 members (excludes halogenated alkanes) is 1. The Hall–Kier alpha value is -0.480. The predicted octanol–water partition coefficient (Wildman–Crippen LogP) is 2.59. The molecule has 1 heteroatoms. The number of hydrogen-bond acceptors (Lipinski definition) is 1. The Morgan fingerprint density at radius 2 is 2.08 bits per heavy atom. The molecule has 2 unspecified atom stereocenters. The largest absolute Gasteiger partial charge is 0.392 e. The molecule has 0 radical (unpaired) electrons. The molecule has 1 N–H and O–H groups in total. The minimum atomic E-state index is -0.286. The van der Waals surface area contributed by atoms with E-state index in [-0.39, 0.29) is 6.10 Å². The molecule has 0 aromatic rings. The number of terminal acetylenes is 1. The standard InChI is InChI=1S/C11H20O/c1-4-7-9-10(6-3)11(12)8-5-2/h2,10-12H,4,6-9H2,1,3H3. The Morgan fingerprint density at radius 1 is 1.42 bits per heavy atom. The zero-order valence-corrected chi connectivity index (χ0v) is 8.21. The van der Waals surface area contributed by atoms with Crippen LogP contribution in [0.3, 0.4) is 0 Å². The number of rotatable bonds is 6. The molecule has 0 saturated carbocycles. The normalized spacial score (nSPS) is 15.2. The Kier molecular flexibility index (Phi) is 6.90. The van der Waals surface area contributed by atoms with Gasteiger partial charge in [0.1, 0.15) is 0 Å². The molecule has 0 aromatic carbocycles. The van der Waals surface area contributed by atoms with E-state index in [0.717, 1.165) is 12.8 Å². The van der Waals surface area contributed by atoms with Gasteiger partial charge in [-0.1, -0.05) is 33.1 Å². The fraction of sp³-hybridized carbons (Fsp3) is 0.818. The van der Waals surface area contributed by atoms with E-state index >= 15 is 0 Å². The number of aliphatic hydroxyl groups is 1. The zero-order chi connectivity index (χ0) is 9.40. The zero-order valence-electron chi connectivity index (χ0n) is 8.21. The molecule has 2 atom stereocenters. The topological polar surface area (TPSA) is 20.2 Å². The van der Waals surface area contributed by atoms with Crippen molar-refractivity contribution in [2.45, 2.75) is 52.1 Å². The van der Waals surface area contributed by atoms with Crippen LogP contribution in [0.1, 0.15) is 46.0 Å². The van der Waals surface area contributed by atoms with Crippen LogP contribution in [0.2, 0.25) is 0 Å². The van der Waals surface area contributed by atoms with E-state index in [1.165, 1.54) is 12.8 Å². The van der Waals surface area contributed by atoms with E-state index in [2.05, 4.69) is 19.8 Å².